The van der Waals surface area contributed by atoms with Crippen molar-refractivity contribution in [2.24, 2.45) is 0 Å². The molecule has 0 N–H and O–H groups in total. The Morgan fingerprint density at radius 2 is 2.22 bits per heavy atom. The van der Waals surface area contributed by atoms with Gasteiger partial charge in [0.15, 0.2) is 6.29 Å². The van der Waals surface area contributed by atoms with Crippen molar-refractivity contribution in [1.82, 2.24) is 9.55 Å². The maximum absolute atomic E-state index is 10.9. The Balaban J connectivity index is 2.06. The summed E-state index contributed by atoms with van der Waals surface area (Å²) >= 11 is 11.8. The maximum Gasteiger partial charge on any atom is 0.153 e. The second-order valence-electron chi connectivity index (χ2n) is 3.57. The first kappa shape index (κ1) is 12.9. The zero-order chi connectivity index (χ0) is 13.0. The van der Waals surface area contributed by atoms with Crippen LogP contribution in [0.2, 0.25) is 10.0 Å². The van der Waals surface area contributed by atoms with Gasteiger partial charge in [-0.25, -0.2) is 4.98 Å². The zero-order valence-corrected chi connectivity index (χ0v) is 10.9. The molecular weight excluding hydrogens is 275 g/mol. The molecule has 0 fully saturated rings. The summed E-state index contributed by atoms with van der Waals surface area (Å²) in [5.74, 6) is 0.358. The molecule has 0 saturated heterocycles. The highest BCUT2D eigenvalue weighted by atomic mass is 35.5. The number of imidazole rings is 1. The minimum Gasteiger partial charge on any atom is -0.489 e. The maximum atomic E-state index is 10.9. The van der Waals surface area contributed by atoms with E-state index in [4.69, 9.17) is 27.9 Å². The van der Waals surface area contributed by atoms with Crippen molar-refractivity contribution in [2.75, 3.05) is 6.61 Å². The average molecular weight is 285 g/mol. The van der Waals surface area contributed by atoms with Gasteiger partial charge in [-0.15, -0.1) is 0 Å². The zero-order valence-electron chi connectivity index (χ0n) is 9.35. The summed E-state index contributed by atoms with van der Waals surface area (Å²) in [5.41, 5.74) is 0.345. The molecular formula is C12H10Cl2N2O2. The van der Waals surface area contributed by atoms with Crippen LogP contribution in [0.4, 0.5) is 0 Å². The second-order valence-corrected chi connectivity index (χ2v) is 4.42. The van der Waals surface area contributed by atoms with Crippen molar-refractivity contribution in [3.05, 3.63) is 46.5 Å². The number of halogens is 2. The molecule has 4 nitrogen and oxygen atoms in total. The molecule has 18 heavy (non-hydrogen) atoms. The molecule has 1 aromatic carbocycles. The van der Waals surface area contributed by atoms with E-state index in [2.05, 4.69) is 4.98 Å². The van der Waals surface area contributed by atoms with E-state index in [1.54, 1.807) is 18.6 Å². The van der Waals surface area contributed by atoms with Crippen molar-refractivity contribution in [1.29, 1.82) is 0 Å². The van der Waals surface area contributed by atoms with Gasteiger partial charge in [0.25, 0.3) is 0 Å². The Hall–Kier alpha value is -1.52. The highest BCUT2D eigenvalue weighted by Crippen LogP contribution is 2.31. The Kier molecular flexibility index (Phi) is 4.23. The predicted molar refractivity (Wildman–Crippen MR) is 69.6 cm³/mol. The monoisotopic (exact) mass is 284 g/mol. The SMILES string of the molecule is O=Cc1cc(Cl)cc(Cl)c1OCCn1ccnc1. The number of ether oxygens (including phenoxy) is 1. The number of aromatic nitrogens is 2. The van der Waals surface area contributed by atoms with E-state index < -0.39 is 0 Å². The highest BCUT2D eigenvalue weighted by Gasteiger charge is 2.10. The van der Waals surface area contributed by atoms with E-state index in [-0.39, 0.29) is 0 Å². The lowest BCUT2D eigenvalue weighted by molar-refractivity contribution is 0.111. The third-order valence-corrected chi connectivity index (χ3v) is 2.82. The van der Waals surface area contributed by atoms with Crippen molar-refractivity contribution in [2.45, 2.75) is 6.54 Å². The van der Waals surface area contributed by atoms with Crippen LogP contribution in [0, 0.1) is 0 Å². The van der Waals surface area contributed by atoms with Gasteiger partial charge >= 0.3 is 0 Å². The Labute approximate surface area is 114 Å². The Morgan fingerprint density at radius 3 is 2.89 bits per heavy atom. The Morgan fingerprint density at radius 1 is 1.39 bits per heavy atom. The van der Waals surface area contributed by atoms with Crippen LogP contribution in [0.5, 0.6) is 5.75 Å². The smallest absolute Gasteiger partial charge is 0.153 e. The average Bonchev–Trinajstić information content (AvgIpc) is 2.84. The number of nitrogens with zero attached hydrogens (tertiary/aromatic N) is 2. The molecule has 1 heterocycles. The van der Waals surface area contributed by atoms with E-state index in [0.717, 1.165) is 0 Å². The van der Waals surface area contributed by atoms with Crippen LogP contribution in [-0.4, -0.2) is 22.4 Å². The Bertz CT molecular complexity index is 541. The minimum absolute atomic E-state index is 0.329. The molecule has 0 unspecified atom stereocenters. The van der Waals surface area contributed by atoms with Gasteiger partial charge in [-0.3, -0.25) is 4.79 Å². The molecule has 1 aromatic heterocycles. The fourth-order valence-corrected chi connectivity index (χ4v) is 2.06. The first-order valence-electron chi connectivity index (χ1n) is 5.23. The molecule has 0 aliphatic heterocycles. The first-order chi connectivity index (χ1) is 8.70. The fraction of sp³-hybridized carbons (Fsp3) is 0.167. The number of aldehydes is 1. The molecule has 2 rings (SSSR count). The van der Waals surface area contributed by atoms with Gasteiger partial charge in [0.1, 0.15) is 12.4 Å². The molecule has 0 bridgehead atoms. The van der Waals surface area contributed by atoms with Gasteiger partial charge in [-0.2, -0.15) is 0 Å². The van der Waals surface area contributed by atoms with E-state index in [1.807, 2.05) is 10.8 Å². The third kappa shape index (κ3) is 3.03. The second kappa shape index (κ2) is 5.89. The molecule has 0 aliphatic carbocycles. The third-order valence-electron chi connectivity index (χ3n) is 2.32. The molecule has 0 spiro atoms. The number of carbonyl (C=O) groups is 1. The summed E-state index contributed by atoms with van der Waals surface area (Å²) in [4.78, 5) is 14.8. The molecule has 0 saturated carbocycles. The standard InChI is InChI=1S/C12H10Cl2N2O2/c13-10-5-9(7-17)12(11(14)6-10)18-4-3-16-2-1-15-8-16/h1-2,5-8H,3-4H2. The van der Waals surface area contributed by atoms with Crippen molar-refractivity contribution < 1.29 is 9.53 Å². The van der Waals surface area contributed by atoms with E-state index in [1.165, 1.54) is 6.07 Å². The van der Waals surface area contributed by atoms with E-state index >= 15 is 0 Å². The summed E-state index contributed by atoms with van der Waals surface area (Å²) in [6, 6.07) is 3.07. The molecule has 2 aromatic rings. The number of hydrogen-bond acceptors (Lipinski definition) is 3. The minimum atomic E-state index is 0.329. The number of carbonyl (C=O) groups excluding carboxylic acids is 1. The van der Waals surface area contributed by atoms with Crippen LogP contribution in [0.3, 0.4) is 0 Å². The summed E-state index contributed by atoms with van der Waals surface area (Å²) in [5, 5.41) is 0.735. The molecule has 94 valence electrons. The van der Waals surface area contributed by atoms with Gasteiger partial charge in [0.2, 0.25) is 0 Å². The summed E-state index contributed by atoms with van der Waals surface area (Å²) in [6.07, 6.45) is 5.87. The lowest BCUT2D eigenvalue weighted by Crippen LogP contribution is -2.08. The molecule has 0 atom stereocenters. The fourth-order valence-electron chi connectivity index (χ4n) is 1.49. The normalized spacial score (nSPS) is 10.3. The molecule has 0 amide bonds. The van der Waals surface area contributed by atoms with E-state index in [0.29, 0.717) is 40.8 Å². The van der Waals surface area contributed by atoms with Crippen LogP contribution in [-0.2, 0) is 6.54 Å². The van der Waals surface area contributed by atoms with Crippen LogP contribution in [0.25, 0.3) is 0 Å². The van der Waals surface area contributed by atoms with Crippen LogP contribution in [0.1, 0.15) is 10.4 Å². The topological polar surface area (TPSA) is 44.1 Å². The largest absolute Gasteiger partial charge is 0.489 e. The summed E-state index contributed by atoms with van der Waals surface area (Å²) < 4.78 is 7.38. The number of hydrogen-bond donors (Lipinski definition) is 0. The van der Waals surface area contributed by atoms with Crippen LogP contribution >= 0.6 is 23.2 Å². The van der Waals surface area contributed by atoms with Gasteiger partial charge in [-0.05, 0) is 12.1 Å². The quantitative estimate of drug-likeness (QED) is 0.793. The lowest BCUT2D eigenvalue weighted by atomic mass is 10.2. The predicted octanol–water partition coefficient (Wildman–Crippen LogP) is 3.08. The summed E-state index contributed by atoms with van der Waals surface area (Å²) in [7, 11) is 0. The molecule has 6 heteroatoms. The van der Waals surface area contributed by atoms with Crippen molar-refractivity contribution in [3.63, 3.8) is 0 Å². The molecule has 0 radical (unpaired) electrons. The van der Waals surface area contributed by atoms with Crippen molar-refractivity contribution in [3.8, 4) is 5.75 Å². The van der Waals surface area contributed by atoms with Crippen molar-refractivity contribution >= 4 is 29.5 Å². The van der Waals surface area contributed by atoms with Gasteiger partial charge in [0, 0.05) is 17.4 Å². The van der Waals surface area contributed by atoms with E-state index in [9.17, 15) is 4.79 Å². The van der Waals surface area contributed by atoms with Gasteiger partial charge < -0.3 is 9.30 Å². The molecule has 0 aliphatic rings. The number of benzene rings is 1. The highest BCUT2D eigenvalue weighted by molar-refractivity contribution is 6.36. The first-order valence-corrected chi connectivity index (χ1v) is 5.99. The van der Waals surface area contributed by atoms with Gasteiger partial charge in [-0.1, -0.05) is 23.2 Å². The van der Waals surface area contributed by atoms with Crippen LogP contribution < -0.4 is 4.74 Å². The van der Waals surface area contributed by atoms with Gasteiger partial charge in [0.05, 0.1) is 23.5 Å². The number of rotatable bonds is 5. The lowest BCUT2D eigenvalue weighted by Gasteiger charge is -2.11. The van der Waals surface area contributed by atoms with Crippen LogP contribution in [0.15, 0.2) is 30.9 Å². The summed E-state index contributed by atoms with van der Waals surface area (Å²) in [6.45, 7) is 1.01.